The molecule has 1 aliphatic rings. The van der Waals surface area contributed by atoms with E-state index in [4.69, 9.17) is 33.0 Å². The summed E-state index contributed by atoms with van der Waals surface area (Å²) in [5.41, 5.74) is 1.31. The molecule has 5 heteroatoms. The van der Waals surface area contributed by atoms with E-state index < -0.39 is 6.10 Å². The van der Waals surface area contributed by atoms with E-state index in [9.17, 15) is 0 Å². The van der Waals surface area contributed by atoms with E-state index in [2.05, 4.69) is 17.4 Å². The Morgan fingerprint density at radius 3 is 2.47 bits per heavy atom. The Kier molecular flexibility index (Phi) is 9.22. The second-order valence-electron chi connectivity index (χ2n) is 4.36. The first-order valence-electron chi connectivity index (χ1n) is 6.42. The summed E-state index contributed by atoms with van der Waals surface area (Å²) in [5, 5.41) is 12.3. The number of alkyl halides is 2. The predicted molar refractivity (Wildman–Crippen MR) is 80.2 cm³/mol. The number of halogens is 2. The minimum Gasteiger partial charge on any atom is -0.391 e. The smallest absolute Gasteiger partial charge is 0.0944 e. The summed E-state index contributed by atoms with van der Waals surface area (Å²) in [6.07, 6.45) is 0.944. The van der Waals surface area contributed by atoms with Gasteiger partial charge in [0, 0.05) is 12.4 Å². The lowest BCUT2D eigenvalue weighted by Gasteiger charge is -2.08. The van der Waals surface area contributed by atoms with Crippen molar-refractivity contribution in [3.05, 3.63) is 35.9 Å². The SMILES string of the molecule is ClC[C@@H]1CO1.O[C@H](CCl)CNCCc1ccccc1. The molecular weight excluding hydrogens is 285 g/mol. The molecule has 0 radical (unpaired) electrons. The van der Waals surface area contributed by atoms with Gasteiger partial charge in [0.15, 0.2) is 0 Å². The Morgan fingerprint density at radius 2 is 2.00 bits per heavy atom. The maximum atomic E-state index is 9.16. The van der Waals surface area contributed by atoms with Gasteiger partial charge in [-0.15, -0.1) is 23.2 Å². The van der Waals surface area contributed by atoms with E-state index >= 15 is 0 Å². The van der Waals surface area contributed by atoms with E-state index in [1.54, 1.807) is 0 Å². The van der Waals surface area contributed by atoms with Crippen LogP contribution in [-0.2, 0) is 11.2 Å². The zero-order chi connectivity index (χ0) is 13.9. The Labute approximate surface area is 124 Å². The van der Waals surface area contributed by atoms with Crippen LogP contribution in [-0.4, -0.2) is 48.8 Å². The van der Waals surface area contributed by atoms with Gasteiger partial charge in [0.25, 0.3) is 0 Å². The van der Waals surface area contributed by atoms with Crippen molar-refractivity contribution in [2.24, 2.45) is 0 Å². The summed E-state index contributed by atoms with van der Waals surface area (Å²) >= 11 is 10.7. The lowest BCUT2D eigenvalue weighted by Crippen LogP contribution is -2.29. The molecule has 1 saturated heterocycles. The van der Waals surface area contributed by atoms with Crippen molar-refractivity contribution < 1.29 is 9.84 Å². The van der Waals surface area contributed by atoms with E-state index in [1.807, 2.05) is 18.2 Å². The second kappa shape index (κ2) is 10.5. The summed E-state index contributed by atoms with van der Waals surface area (Å²) in [4.78, 5) is 0. The molecule has 108 valence electrons. The minimum atomic E-state index is -0.438. The molecule has 0 aromatic heterocycles. The maximum Gasteiger partial charge on any atom is 0.0944 e. The molecule has 0 saturated carbocycles. The van der Waals surface area contributed by atoms with Gasteiger partial charge in [-0.2, -0.15) is 0 Å². The molecule has 0 spiro atoms. The van der Waals surface area contributed by atoms with Crippen molar-refractivity contribution >= 4 is 23.2 Å². The molecule has 2 rings (SSSR count). The molecule has 0 bridgehead atoms. The molecule has 1 aromatic carbocycles. The highest BCUT2D eigenvalue weighted by atomic mass is 35.5. The normalized spacial score (nSPS) is 18.4. The van der Waals surface area contributed by atoms with Gasteiger partial charge in [0.05, 0.1) is 24.7 Å². The average molecular weight is 306 g/mol. The fourth-order valence-corrected chi connectivity index (χ4v) is 1.65. The Balaban J connectivity index is 0.000000300. The summed E-state index contributed by atoms with van der Waals surface area (Å²) in [5.74, 6) is 0.957. The maximum absolute atomic E-state index is 9.16. The van der Waals surface area contributed by atoms with Crippen LogP contribution in [0.5, 0.6) is 0 Å². The zero-order valence-electron chi connectivity index (χ0n) is 10.9. The monoisotopic (exact) mass is 305 g/mol. The number of hydrogen-bond donors (Lipinski definition) is 2. The molecule has 3 nitrogen and oxygen atoms in total. The summed E-state index contributed by atoms with van der Waals surface area (Å²) in [7, 11) is 0. The van der Waals surface area contributed by atoms with Gasteiger partial charge in [-0.1, -0.05) is 30.3 Å². The van der Waals surface area contributed by atoms with Crippen LogP contribution >= 0.6 is 23.2 Å². The van der Waals surface area contributed by atoms with Crippen molar-refractivity contribution in [1.82, 2.24) is 5.32 Å². The molecule has 0 unspecified atom stereocenters. The van der Waals surface area contributed by atoms with Gasteiger partial charge in [-0.05, 0) is 18.5 Å². The third-order valence-electron chi connectivity index (χ3n) is 2.57. The first-order chi connectivity index (χ1) is 9.26. The minimum absolute atomic E-state index is 0.290. The molecule has 0 amide bonds. The van der Waals surface area contributed by atoms with Gasteiger partial charge in [-0.25, -0.2) is 0 Å². The number of aliphatic hydroxyl groups excluding tert-OH is 1. The van der Waals surface area contributed by atoms with E-state index in [1.165, 1.54) is 5.56 Å². The number of aliphatic hydroxyl groups is 1. The molecule has 1 aliphatic heterocycles. The first kappa shape index (κ1) is 16.7. The van der Waals surface area contributed by atoms with Crippen LogP contribution in [0.25, 0.3) is 0 Å². The molecule has 2 atom stereocenters. The van der Waals surface area contributed by atoms with E-state index in [-0.39, 0.29) is 0 Å². The van der Waals surface area contributed by atoms with Crippen LogP contribution in [0.3, 0.4) is 0 Å². The van der Waals surface area contributed by atoms with Gasteiger partial charge in [0.2, 0.25) is 0 Å². The van der Waals surface area contributed by atoms with Crippen LogP contribution in [0, 0.1) is 0 Å². The van der Waals surface area contributed by atoms with Crippen LogP contribution in [0.15, 0.2) is 30.3 Å². The molecule has 0 aliphatic carbocycles. The number of benzene rings is 1. The fraction of sp³-hybridized carbons (Fsp3) is 0.571. The quantitative estimate of drug-likeness (QED) is 0.460. The highest BCUT2D eigenvalue weighted by Crippen LogP contribution is 2.08. The Bertz CT molecular complexity index is 320. The molecule has 1 aromatic rings. The topological polar surface area (TPSA) is 44.8 Å². The van der Waals surface area contributed by atoms with Crippen molar-refractivity contribution in [3.8, 4) is 0 Å². The summed E-state index contributed by atoms with van der Waals surface area (Å²) in [6, 6.07) is 10.3. The number of rotatable bonds is 7. The van der Waals surface area contributed by atoms with E-state index in [0.717, 1.165) is 19.6 Å². The van der Waals surface area contributed by atoms with Crippen LogP contribution in [0.2, 0.25) is 0 Å². The van der Waals surface area contributed by atoms with Crippen molar-refractivity contribution in [3.63, 3.8) is 0 Å². The predicted octanol–water partition coefficient (Wildman–Crippen LogP) is 2.04. The standard InChI is InChI=1S/C11H16ClNO.C3H5ClO/c12-8-11(14)9-13-7-6-10-4-2-1-3-5-10;4-1-3-2-5-3/h1-5,11,13-14H,6-9H2;3H,1-2H2/t11-;3-/m11/s1. The average Bonchev–Trinajstić information content (AvgIpc) is 3.29. The van der Waals surface area contributed by atoms with Crippen molar-refractivity contribution in [2.45, 2.75) is 18.6 Å². The van der Waals surface area contributed by atoms with Gasteiger partial charge in [0.1, 0.15) is 0 Å². The Hall–Kier alpha value is -0.320. The number of hydrogen-bond acceptors (Lipinski definition) is 3. The molecular formula is C14H21Cl2NO2. The highest BCUT2D eigenvalue weighted by Gasteiger charge is 2.19. The summed E-state index contributed by atoms with van der Waals surface area (Å²) in [6.45, 7) is 2.32. The largest absolute Gasteiger partial charge is 0.391 e. The summed E-state index contributed by atoms with van der Waals surface area (Å²) < 4.78 is 4.73. The third kappa shape index (κ3) is 9.25. The first-order valence-corrected chi connectivity index (χ1v) is 7.49. The number of ether oxygens (including phenoxy) is 1. The van der Waals surface area contributed by atoms with Crippen molar-refractivity contribution in [1.29, 1.82) is 0 Å². The lowest BCUT2D eigenvalue weighted by molar-refractivity contribution is 0.195. The third-order valence-corrected chi connectivity index (χ3v) is 3.27. The molecule has 1 fully saturated rings. The van der Waals surface area contributed by atoms with Crippen LogP contribution < -0.4 is 5.32 Å². The van der Waals surface area contributed by atoms with Gasteiger partial charge < -0.3 is 15.2 Å². The second-order valence-corrected chi connectivity index (χ2v) is 4.97. The highest BCUT2D eigenvalue weighted by molar-refractivity contribution is 6.18. The van der Waals surface area contributed by atoms with Crippen molar-refractivity contribution in [2.75, 3.05) is 31.5 Å². The van der Waals surface area contributed by atoms with Gasteiger partial charge in [-0.3, -0.25) is 0 Å². The zero-order valence-corrected chi connectivity index (χ0v) is 12.4. The van der Waals surface area contributed by atoms with E-state index in [0.29, 0.717) is 24.4 Å². The number of nitrogens with one attached hydrogen (secondary N) is 1. The van der Waals surface area contributed by atoms with Crippen LogP contribution in [0.1, 0.15) is 5.56 Å². The number of epoxide rings is 1. The fourth-order valence-electron chi connectivity index (χ4n) is 1.36. The van der Waals surface area contributed by atoms with Crippen LogP contribution in [0.4, 0.5) is 0 Å². The van der Waals surface area contributed by atoms with Gasteiger partial charge >= 0.3 is 0 Å². The molecule has 19 heavy (non-hydrogen) atoms. The molecule has 1 heterocycles. The Morgan fingerprint density at radius 1 is 1.32 bits per heavy atom. The molecule has 2 N–H and O–H groups in total. The lowest BCUT2D eigenvalue weighted by atomic mass is 10.1.